The second-order valence-corrected chi connectivity index (χ2v) is 3.81. The average Bonchev–Trinajstić information content (AvgIpc) is 2.27. The van der Waals surface area contributed by atoms with Crippen molar-refractivity contribution in [3.05, 3.63) is 48.1 Å². The van der Waals surface area contributed by atoms with Crippen LogP contribution in [-0.4, -0.2) is 12.6 Å². The Morgan fingerprint density at radius 3 is 2.81 bits per heavy atom. The first kappa shape index (κ1) is 12.5. The van der Waals surface area contributed by atoms with Crippen LogP contribution in [0.2, 0.25) is 0 Å². The summed E-state index contributed by atoms with van der Waals surface area (Å²) in [6.45, 7) is 8.14. The van der Waals surface area contributed by atoms with Crippen molar-refractivity contribution in [2.75, 3.05) is 6.61 Å². The van der Waals surface area contributed by atoms with Crippen molar-refractivity contribution in [1.29, 1.82) is 0 Å². The lowest BCUT2D eigenvalue weighted by atomic mass is 10.1. The fourth-order valence-electron chi connectivity index (χ4n) is 1.26. The fourth-order valence-corrected chi connectivity index (χ4v) is 1.26. The molecule has 2 heteroatoms. The Kier molecular flexibility index (Phi) is 4.80. The molecule has 0 aliphatic heterocycles. The van der Waals surface area contributed by atoms with Gasteiger partial charge in [0.05, 0.1) is 0 Å². The molecule has 1 atom stereocenters. The fraction of sp³-hybridized carbons (Fsp3) is 0.286. The highest BCUT2D eigenvalue weighted by atomic mass is 16.5. The first-order chi connectivity index (χ1) is 7.65. The lowest BCUT2D eigenvalue weighted by Crippen LogP contribution is -2.15. The molecule has 1 aromatic carbocycles. The number of nitrogens with two attached hydrogens (primary N) is 1. The summed E-state index contributed by atoms with van der Waals surface area (Å²) in [5.74, 6) is 0.863. The maximum absolute atomic E-state index is 5.81. The predicted octanol–water partition coefficient (Wildman–Crippen LogP) is 3.00. The van der Waals surface area contributed by atoms with Crippen LogP contribution in [0.15, 0.2) is 42.5 Å². The van der Waals surface area contributed by atoms with Crippen molar-refractivity contribution in [1.82, 2.24) is 0 Å². The standard InChI is InChI=1S/C14H19NO/c1-4-9-16-14-8-6-5-7-13(14)10-11(2)12(3)15/h4-8,10,12H,1,9,15H2,2-3H3/b11-10+. The van der Waals surface area contributed by atoms with Gasteiger partial charge in [0.15, 0.2) is 0 Å². The van der Waals surface area contributed by atoms with Gasteiger partial charge in [0, 0.05) is 11.6 Å². The summed E-state index contributed by atoms with van der Waals surface area (Å²) < 4.78 is 5.56. The predicted molar refractivity (Wildman–Crippen MR) is 69.4 cm³/mol. The van der Waals surface area contributed by atoms with E-state index in [1.54, 1.807) is 6.08 Å². The third-order valence-electron chi connectivity index (χ3n) is 2.38. The molecule has 86 valence electrons. The van der Waals surface area contributed by atoms with Gasteiger partial charge in [-0.1, -0.05) is 42.5 Å². The van der Waals surface area contributed by atoms with E-state index in [1.165, 1.54) is 0 Å². The summed E-state index contributed by atoms with van der Waals surface area (Å²) in [6.07, 6.45) is 3.79. The summed E-state index contributed by atoms with van der Waals surface area (Å²) in [7, 11) is 0. The molecule has 0 saturated carbocycles. The normalized spacial score (nSPS) is 13.3. The smallest absolute Gasteiger partial charge is 0.126 e. The van der Waals surface area contributed by atoms with Crippen LogP contribution in [0.1, 0.15) is 19.4 Å². The molecule has 16 heavy (non-hydrogen) atoms. The SMILES string of the molecule is C=CCOc1ccccc1/C=C(\C)C(C)N. The third kappa shape index (κ3) is 3.55. The molecule has 0 bridgehead atoms. The van der Waals surface area contributed by atoms with E-state index in [9.17, 15) is 0 Å². The van der Waals surface area contributed by atoms with Crippen LogP contribution in [0.4, 0.5) is 0 Å². The molecule has 0 aliphatic carbocycles. The summed E-state index contributed by atoms with van der Waals surface area (Å²) in [6, 6.07) is 7.97. The molecule has 1 aromatic rings. The van der Waals surface area contributed by atoms with Gasteiger partial charge in [0.1, 0.15) is 12.4 Å². The number of ether oxygens (including phenoxy) is 1. The lowest BCUT2D eigenvalue weighted by molar-refractivity contribution is 0.362. The Bertz CT molecular complexity index is 380. The number of para-hydroxylation sites is 1. The second-order valence-electron chi connectivity index (χ2n) is 3.81. The lowest BCUT2D eigenvalue weighted by Gasteiger charge is -2.09. The van der Waals surface area contributed by atoms with Gasteiger partial charge in [0.25, 0.3) is 0 Å². The van der Waals surface area contributed by atoms with Gasteiger partial charge in [0.2, 0.25) is 0 Å². The molecule has 1 rings (SSSR count). The highest BCUT2D eigenvalue weighted by molar-refractivity contribution is 5.60. The van der Waals surface area contributed by atoms with E-state index in [0.29, 0.717) is 6.61 Å². The zero-order valence-electron chi connectivity index (χ0n) is 9.94. The monoisotopic (exact) mass is 217 g/mol. The molecule has 0 heterocycles. The van der Waals surface area contributed by atoms with E-state index in [-0.39, 0.29) is 6.04 Å². The van der Waals surface area contributed by atoms with Gasteiger partial charge in [-0.25, -0.2) is 0 Å². The molecule has 1 unspecified atom stereocenters. The molecule has 0 spiro atoms. The van der Waals surface area contributed by atoms with Crippen molar-refractivity contribution in [2.45, 2.75) is 19.9 Å². The number of hydrogen-bond acceptors (Lipinski definition) is 2. The molecule has 2 nitrogen and oxygen atoms in total. The molecule has 0 fully saturated rings. The van der Waals surface area contributed by atoms with Crippen LogP contribution in [0, 0.1) is 0 Å². The van der Waals surface area contributed by atoms with Crippen LogP contribution in [0.5, 0.6) is 5.75 Å². The van der Waals surface area contributed by atoms with E-state index < -0.39 is 0 Å². The zero-order chi connectivity index (χ0) is 12.0. The minimum absolute atomic E-state index is 0.0625. The quantitative estimate of drug-likeness (QED) is 0.769. The minimum Gasteiger partial charge on any atom is -0.489 e. The molecule has 0 aromatic heterocycles. The maximum Gasteiger partial charge on any atom is 0.126 e. The third-order valence-corrected chi connectivity index (χ3v) is 2.38. The highest BCUT2D eigenvalue weighted by Crippen LogP contribution is 2.21. The van der Waals surface area contributed by atoms with Crippen LogP contribution >= 0.6 is 0 Å². The van der Waals surface area contributed by atoms with Crippen molar-refractivity contribution >= 4 is 6.08 Å². The summed E-state index contributed by atoms with van der Waals surface area (Å²) in [5, 5.41) is 0. The second kappa shape index (κ2) is 6.13. The molecule has 0 amide bonds. The molecule has 0 saturated heterocycles. The Morgan fingerprint density at radius 1 is 1.50 bits per heavy atom. The van der Waals surface area contributed by atoms with E-state index in [2.05, 4.69) is 12.7 Å². The van der Waals surface area contributed by atoms with Crippen molar-refractivity contribution in [2.24, 2.45) is 5.73 Å². The van der Waals surface area contributed by atoms with Crippen molar-refractivity contribution in [3.8, 4) is 5.75 Å². The van der Waals surface area contributed by atoms with Gasteiger partial charge in [-0.3, -0.25) is 0 Å². The highest BCUT2D eigenvalue weighted by Gasteiger charge is 2.02. The number of hydrogen-bond donors (Lipinski definition) is 1. The summed E-state index contributed by atoms with van der Waals surface area (Å²) in [5.41, 5.74) is 8.00. The van der Waals surface area contributed by atoms with Crippen LogP contribution < -0.4 is 10.5 Å². The van der Waals surface area contributed by atoms with Crippen molar-refractivity contribution in [3.63, 3.8) is 0 Å². The van der Waals surface area contributed by atoms with E-state index >= 15 is 0 Å². The Labute approximate surface area is 97.4 Å². The number of rotatable bonds is 5. The van der Waals surface area contributed by atoms with Gasteiger partial charge in [-0.15, -0.1) is 0 Å². The summed E-state index contributed by atoms with van der Waals surface area (Å²) in [4.78, 5) is 0. The van der Waals surface area contributed by atoms with Gasteiger partial charge in [-0.2, -0.15) is 0 Å². The van der Waals surface area contributed by atoms with Gasteiger partial charge in [-0.05, 0) is 19.9 Å². The maximum atomic E-state index is 5.81. The molecular formula is C14H19NO. The molecular weight excluding hydrogens is 198 g/mol. The molecule has 0 radical (unpaired) electrons. The zero-order valence-corrected chi connectivity index (χ0v) is 9.94. The molecule has 2 N–H and O–H groups in total. The first-order valence-electron chi connectivity index (χ1n) is 5.41. The van der Waals surface area contributed by atoms with Crippen LogP contribution in [0.3, 0.4) is 0 Å². The Balaban J connectivity index is 2.94. The van der Waals surface area contributed by atoms with E-state index in [0.717, 1.165) is 16.9 Å². The van der Waals surface area contributed by atoms with Crippen LogP contribution in [-0.2, 0) is 0 Å². The average molecular weight is 217 g/mol. The van der Waals surface area contributed by atoms with E-state index in [4.69, 9.17) is 10.5 Å². The molecule has 0 aliphatic rings. The minimum atomic E-state index is 0.0625. The topological polar surface area (TPSA) is 35.2 Å². The number of benzene rings is 1. The largest absolute Gasteiger partial charge is 0.489 e. The van der Waals surface area contributed by atoms with Gasteiger partial charge < -0.3 is 10.5 Å². The summed E-state index contributed by atoms with van der Waals surface area (Å²) >= 11 is 0. The Morgan fingerprint density at radius 2 is 2.19 bits per heavy atom. The first-order valence-corrected chi connectivity index (χ1v) is 5.41. The van der Waals surface area contributed by atoms with Crippen molar-refractivity contribution < 1.29 is 4.74 Å². The van der Waals surface area contributed by atoms with Crippen LogP contribution in [0.25, 0.3) is 6.08 Å². The van der Waals surface area contributed by atoms with E-state index in [1.807, 2.05) is 38.1 Å². The Hall–Kier alpha value is -1.54. The van der Waals surface area contributed by atoms with Gasteiger partial charge >= 0.3 is 0 Å².